The number of rotatable bonds is 13. The summed E-state index contributed by atoms with van der Waals surface area (Å²) in [5.74, 6) is -0.303. The molecule has 0 heterocycles. The smallest absolute Gasteiger partial charge is 0.264 e. The molecule has 0 aromatic heterocycles. The molecule has 0 aliphatic rings. The Labute approximate surface area is 259 Å². The highest BCUT2D eigenvalue weighted by atomic mass is 35.5. The summed E-state index contributed by atoms with van der Waals surface area (Å²) in [4.78, 5) is 28.9. The van der Waals surface area contributed by atoms with E-state index in [0.29, 0.717) is 28.4 Å². The molecule has 1 N–H and O–H groups in total. The lowest BCUT2D eigenvalue weighted by molar-refractivity contribution is -0.140. The van der Waals surface area contributed by atoms with E-state index in [-0.39, 0.29) is 29.1 Å². The van der Waals surface area contributed by atoms with Crippen molar-refractivity contribution < 1.29 is 27.5 Å². The molecule has 3 rings (SSSR count). The minimum atomic E-state index is -4.30. The number of hydrogen-bond acceptors (Lipinski definition) is 6. The van der Waals surface area contributed by atoms with Crippen molar-refractivity contribution in [1.29, 1.82) is 0 Å². The topological polar surface area (TPSA) is 105 Å². The van der Waals surface area contributed by atoms with Crippen LogP contribution in [0.15, 0.2) is 65.6 Å². The first-order valence-electron chi connectivity index (χ1n) is 14.0. The Balaban J connectivity index is 2.15. The second-order valence-electron chi connectivity index (χ2n) is 10.6. The van der Waals surface area contributed by atoms with Gasteiger partial charge in [-0.15, -0.1) is 0 Å². The van der Waals surface area contributed by atoms with Crippen LogP contribution in [0.5, 0.6) is 11.5 Å². The molecule has 0 saturated carbocycles. The molecule has 0 fully saturated rings. The normalized spacial score (nSPS) is 12.0. The van der Waals surface area contributed by atoms with E-state index in [1.54, 1.807) is 43.3 Å². The molecule has 1 unspecified atom stereocenters. The highest BCUT2D eigenvalue weighted by molar-refractivity contribution is 7.92. The predicted molar refractivity (Wildman–Crippen MR) is 169 cm³/mol. The van der Waals surface area contributed by atoms with Gasteiger partial charge in [-0.05, 0) is 81.1 Å². The number of hydrogen-bond donors (Lipinski definition) is 1. The number of benzene rings is 3. The predicted octanol–water partition coefficient (Wildman–Crippen LogP) is 5.50. The zero-order valence-electron chi connectivity index (χ0n) is 25.7. The summed E-state index contributed by atoms with van der Waals surface area (Å²) in [7, 11) is -1.43. The van der Waals surface area contributed by atoms with Gasteiger partial charge >= 0.3 is 0 Å². The zero-order chi connectivity index (χ0) is 31.9. The van der Waals surface area contributed by atoms with E-state index < -0.39 is 28.5 Å². The minimum absolute atomic E-state index is 0.0135. The van der Waals surface area contributed by atoms with E-state index in [2.05, 4.69) is 5.32 Å². The molecule has 2 amide bonds. The summed E-state index contributed by atoms with van der Waals surface area (Å²) in [5, 5.41) is 3.32. The monoisotopic (exact) mass is 629 g/mol. The number of aryl methyl sites for hydroxylation is 2. The Hall–Kier alpha value is -3.76. The Morgan fingerprint density at radius 1 is 0.930 bits per heavy atom. The van der Waals surface area contributed by atoms with E-state index in [0.717, 1.165) is 15.4 Å². The SMILES string of the molecule is CCC(C(=O)NC(C)C)N(Cc1ccccc1Cl)C(=O)CN(c1cc(C)cc(C)c1)S(=O)(=O)c1ccc(OC)c(OC)c1. The number of methoxy groups -OCH3 is 2. The number of carbonyl (C=O) groups is 2. The third-order valence-corrected chi connectivity index (χ3v) is 8.97. The van der Waals surface area contributed by atoms with Crippen LogP contribution in [0.3, 0.4) is 0 Å². The van der Waals surface area contributed by atoms with Gasteiger partial charge in [-0.25, -0.2) is 8.42 Å². The third kappa shape index (κ3) is 8.20. The summed E-state index contributed by atoms with van der Waals surface area (Å²) < 4.78 is 40.3. The van der Waals surface area contributed by atoms with E-state index in [4.69, 9.17) is 21.1 Å². The van der Waals surface area contributed by atoms with Crippen LogP contribution >= 0.6 is 11.6 Å². The molecule has 0 aliphatic carbocycles. The molecule has 0 aliphatic heterocycles. The molecular formula is C32H40ClN3O6S. The molecular weight excluding hydrogens is 590 g/mol. The molecule has 1 atom stereocenters. The van der Waals surface area contributed by atoms with Gasteiger partial charge in [-0.3, -0.25) is 13.9 Å². The maximum Gasteiger partial charge on any atom is 0.264 e. The van der Waals surface area contributed by atoms with Crippen LogP contribution in [0.1, 0.15) is 43.9 Å². The van der Waals surface area contributed by atoms with Crippen molar-refractivity contribution in [3.05, 3.63) is 82.4 Å². The maximum atomic E-state index is 14.3. The number of sulfonamides is 1. The molecule has 9 nitrogen and oxygen atoms in total. The van der Waals surface area contributed by atoms with Gasteiger partial charge in [0.25, 0.3) is 10.0 Å². The summed E-state index contributed by atoms with van der Waals surface area (Å²) in [5.41, 5.74) is 2.60. The van der Waals surface area contributed by atoms with E-state index in [1.165, 1.54) is 37.3 Å². The van der Waals surface area contributed by atoms with Gasteiger partial charge in [-0.1, -0.05) is 42.8 Å². The summed E-state index contributed by atoms with van der Waals surface area (Å²) in [6.07, 6.45) is 0.306. The molecule has 11 heteroatoms. The fraction of sp³-hybridized carbons (Fsp3) is 0.375. The summed E-state index contributed by atoms with van der Waals surface area (Å²) in [6.45, 7) is 8.64. The first-order valence-corrected chi connectivity index (χ1v) is 15.8. The zero-order valence-corrected chi connectivity index (χ0v) is 27.3. The summed E-state index contributed by atoms with van der Waals surface area (Å²) >= 11 is 6.46. The highest BCUT2D eigenvalue weighted by Crippen LogP contribution is 2.33. The fourth-order valence-corrected chi connectivity index (χ4v) is 6.45. The second kappa shape index (κ2) is 14.6. The number of amides is 2. The van der Waals surface area contributed by atoms with Gasteiger partial charge in [0.1, 0.15) is 12.6 Å². The number of carbonyl (C=O) groups excluding carboxylic acids is 2. The minimum Gasteiger partial charge on any atom is -0.493 e. The van der Waals surface area contributed by atoms with Crippen molar-refractivity contribution in [2.45, 2.75) is 64.6 Å². The first-order chi connectivity index (χ1) is 20.3. The lowest BCUT2D eigenvalue weighted by atomic mass is 10.1. The Morgan fingerprint density at radius 2 is 1.56 bits per heavy atom. The molecule has 0 radical (unpaired) electrons. The van der Waals surface area contributed by atoms with Crippen LogP contribution in [0.4, 0.5) is 5.69 Å². The Morgan fingerprint density at radius 3 is 2.12 bits per heavy atom. The number of ether oxygens (including phenoxy) is 2. The van der Waals surface area contributed by atoms with E-state index >= 15 is 0 Å². The van der Waals surface area contributed by atoms with Gasteiger partial charge < -0.3 is 19.7 Å². The van der Waals surface area contributed by atoms with Crippen molar-refractivity contribution in [2.75, 3.05) is 25.1 Å². The highest BCUT2D eigenvalue weighted by Gasteiger charge is 2.34. The van der Waals surface area contributed by atoms with Gasteiger partial charge in [0.05, 0.1) is 24.8 Å². The maximum absolute atomic E-state index is 14.3. The third-order valence-electron chi connectivity index (χ3n) is 6.83. The van der Waals surface area contributed by atoms with Crippen molar-refractivity contribution >= 4 is 39.1 Å². The van der Waals surface area contributed by atoms with Gasteiger partial charge in [-0.2, -0.15) is 0 Å². The quantitative estimate of drug-likeness (QED) is 0.268. The van der Waals surface area contributed by atoms with Crippen molar-refractivity contribution in [1.82, 2.24) is 10.2 Å². The number of nitrogens with one attached hydrogen (secondary N) is 1. The lowest BCUT2D eigenvalue weighted by Gasteiger charge is -2.34. The molecule has 0 saturated heterocycles. The van der Waals surface area contributed by atoms with Crippen LogP contribution in [-0.4, -0.2) is 58.0 Å². The average Bonchev–Trinajstić information content (AvgIpc) is 2.95. The Bertz CT molecular complexity index is 1540. The molecule has 43 heavy (non-hydrogen) atoms. The van der Waals surface area contributed by atoms with Gasteiger partial charge in [0.2, 0.25) is 11.8 Å². The van der Waals surface area contributed by atoms with Crippen LogP contribution in [0.25, 0.3) is 0 Å². The molecule has 3 aromatic rings. The molecule has 232 valence electrons. The lowest BCUT2D eigenvalue weighted by Crippen LogP contribution is -2.53. The first kappa shape index (κ1) is 33.7. The van der Waals surface area contributed by atoms with E-state index in [1.807, 2.05) is 33.8 Å². The van der Waals surface area contributed by atoms with Crippen molar-refractivity contribution in [2.24, 2.45) is 0 Å². The standard InChI is InChI=1S/C32H40ClN3O6S/c1-8-28(32(38)34-21(2)3)35(19-24-11-9-10-12-27(24)33)31(37)20-36(25-16-22(4)15-23(5)17-25)43(39,40)26-13-14-29(41-6)30(18-26)42-7/h9-18,21,28H,8,19-20H2,1-7H3,(H,34,38). The molecule has 0 spiro atoms. The summed E-state index contributed by atoms with van der Waals surface area (Å²) in [6, 6.07) is 15.6. The molecule has 3 aromatic carbocycles. The van der Waals surface area contributed by atoms with Crippen LogP contribution in [0, 0.1) is 13.8 Å². The molecule has 0 bridgehead atoms. The van der Waals surface area contributed by atoms with Crippen LogP contribution < -0.4 is 19.1 Å². The van der Waals surface area contributed by atoms with Crippen LogP contribution in [-0.2, 0) is 26.2 Å². The van der Waals surface area contributed by atoms with Crippen molar-refractivity contribution in [3.63, 3.8) is 0 Å². The van der Waals surface area contributed by atoms with Crippen molar-refractivity contribution in [3.8, 4) is 11.5 Å². The largest absolute Gasteiger partial charge is 0.493 e. The fourth-order valence-electron chi connectivity index (χ4n) is 4.84. The Kier molecular flexibility index (Phi) is 11.5. The van der Waals surface area contributed by atoms with E-state index in [9.17, 15) is 18.0 Å². The van der Waals surface area contributed by atoms with Gasteiger partial charge in [0.15, 0.2) is 11.5 Å². The number of nitrogens with zero attached hydrogens (tertiary/aromatic N) is 2. The average molecular weight is 630 g/mol. The number of anilines is 1. The van der Waals surface area contributed by atoms with Crippen LogP contribution in [0.2, 0.25) is 5.02 Å². The second-order valence-corrected chi connectivity index (χ2v) is 12.8. The number of halogens is 1. The van der Waals surface area contributed by atoms with Gasteiger partial charge in [0, 0.05) is 23.7 Å².